The van der Waals surface area contributed by atoms with Crippen molar-refractivity contribution in [3.8, 4) is 5.75 Å². The molecule has 4 bridgehead atoms. The van der Waals surface area contributed by atoms with E-state index in [4.69, 9.17) is 16.3 Å². The standard InChI is InChI=1S/C26H31ClFNO/c1-17(26-12-19-8-20(13-26)10-21(9-19)14-26)29-15-22-11-23(27)4-7-25(22)30-16-18-2-5-24(28)6-3-18/h2-7,11,17,19-21,29H,8-10,12-16H2,1H3. The molecule has 1 unspecified atom stereocenters. The molecule has 0 heterocycles. The third kappa shape index (κ3) is 4.11. The lowest BCUT2D eigenvalue weighted by atomic mass is 9.48. The maximum absolute atomic E-state index is 13.1. The number of benzene rings is 2. The van der Waals surface area contributed by atoms with Crippen LogP contribution >= 0.6 is 11.6 Å². The third-order valence-corrected chi connectivity index (χ3v) is 8.17. The van der Waals surface area contributed by atoms with E-state index in [2.05, 4.69) is 12.2 Å². The third-order valence-electron chi connectivity index (χ3n) is 7.93. The Kier molecular flexibility index (Phi) is 5.53. The Bertz CT molecular complexity index is 861. The molecule has 6 rings (SSSR count). The molecular formula is C26H31ClFNO. The molecule has 0 amide bonds. The minimum atomic E-state index is -0.228. The van der Waals surface area contributed by atoms with E-state index < -0.39 is 0 Å². The molecule has 2 aromatic rings. The number of halogens is 2. The summed E-state index contributed by atoms with van der Waals surface area (Å²) in [7, 11) is 0. The lowest BCUT2D eigenvalue weighted by Crippen LogP contribution is -2.54. The average Bonchev–Trinajstić information content (AvgIpc) is 2.71. The number of rotatable bonds is 7. The Hall–Kier alpha value is -1.58. The molecule has 1 N–H and O–H groups in total. The summed E-state index contributed by atoms with van der Waals surface area (Å²) >= 11 is 6.30. The van der Waals surface area contributed by atoms with Gasteiger partial charge in [-0.25, -0.2) is 4.39 Å². The fourth-order valence-corrected chi connectivity index (χ4v) is 6.95. The van der Waals surface area contributed by atoms with Crippen molar-refractivity contribution in [2.45, 2.75) is 64.6 Å². The van der Waals surface area contributed by atoms with E-state index in [1.54, 1.807) is 12.1 Å². The Morgan fingerprint density at radius 3 is 2.30 bits per heavy atom. The van der Waals surface area contributed by atoms with Gasteiger partial charge in [0, 0.05) is 23.2 Å². The molecule has 2 nitrogen and oxygen atoms in total. The summed E-state index contributed by atoms with van der Waals surface area (Å²) in [6, 6.07) is 12.8. The van der Waals surface area contributed by atoms with Crippen LogP contribution in [0, 0.1) is 29.0 Å². The number of hydrogen-bond acceptors (Lipinski definition) is 2. The Morgan fingerprint density at radius 1 is 1.03 bits per heavy atom. The van der Waals surface area contributed by atoms with Gasteiger partial charge >= 0.3 is 0 Å². The normalized spacial score (nSPS) is 30.4. The molecule has 4 aliphatic rings. The molecule has 0 radical (unpaired) electrons. The zero-order chi connectivity index (χ0) is 20.7. The van der Waals surface area contributed by atoms with Gasteiger partial charge in [-0.2, -0.15) is 0 Å². The van der Waals surface area contributed by atoms with E-state index in [9.17, 15) is 4.39 Å². The van der Waals surface area contributed by atoms with E-state index in [0.29, 0.717) is 18.1 Å². The molecule has 1 atom stereocenters. The molecule has 0 aromatic heterocycles. The highest BCUT2D eigenvalue weighted by Gasteiger charge is 2.52. The lowest BCUT2D eigenvalue weighted by molar-refractivity contribution is -0.0706. The summed E-state index contributed by atoms with van der Waals surface area (Å²) in [4.78, 5) is 0. The van der Waals surface area contributed by atoms with Gasteiger partial charge in [0.1, 0.15) is 18.2 Å². The first-order chi connectivity index (χ1) is 14.5. The molecule has 0 saturated heterocycles. The van der Waals surface area contributed by atoms with Crippen molar-refractivity contribution in [2.75, 3.05) is 0 Å². The van der Waals surface area contributed by atoms with Crippen LogP contribution in [-0.2, 0) is 13.2 Å². The second-order valence-corrected chi connectivity index (χ2v) is 10.5. The van der Waals surface area contributed by atoms with Crippen LogP contribution in [0.1, 0.15) is 56.6 Å². The number of hydrogen-bond donors (Lipinski definition) is 1. The van der Waals surface area contributed by atoms with E-state index in [-0.39, 0.29) is 5.82 Å². The van der Waals surface area contributed by atoms with Crippen LogP contribution in [0.5, 0.6) is 5.75 Å². The predicted molar refractivity (Wildman–Crippen MR) is 119 cm³/mol. The molecule has 160 valence electrons. The van der Waals surface area contributed by atoms with Crippen LogP contribution in [-0.4, -0.2) is 6.04 Å². The predicted octanol–water partition coefficient (Wildman–Crippen LogP) is 6.75. The highest BCUT2D eigenvalue weighted by atomic mass is 35.5. The summed E-state index contributed by atoms with van der Waals surface area (Å²) < 4.78 is 19.2. The van der Waals surface area contributed by atoms with Crippen molar-refractivity contribution in [1.82, 2.24) is 5.32 Å². The van der Waals surface area contributed by atoms with Gasteiger partial charge in [0.25, 0.3) is 0 Å². The quantitative estimate of drug-likeness (QED) is 0.527. The summed E-state index contributed by atoms with van der Waals surface area (Å²) in [5, 5.41) is 4.57. The van der Waals surface area contributed by atoms with Gasteiger partial charge in [0.05, 0.1) is 0 Å². The van der Waals surface area contributed by atoms with Crippen LogP contribution in [0.3, 0.4) is 0 Å². The van der Waals surface area contributed by atoms with Gasteiger partial charge in [0.2, 0.25) is 0 Å². The van der Waals surface area contributed by atoms with Crippen LogP contribution in [0.4, 0.5) is 4.39 Å². The van der Waals surface area contributed by atoms with E-state index in [1.165, 1.54) is 50.7 Å². The fourth-order valence-electron chi connectivity index (χ4n) is 6.76. The minimum absolute atomic E-state index is 0.228. The Balaban J connectivity index is 1.25. The monoisotopic (exact) mass is 427 g/mol. The zero-order valence-corrected chi connectivity index (χ0v) is 18.4. The van der Waals surface area contributed by atoms with Crippen molar-refractivity contribution in [3.63, 3.8) is 0 Å². The maximum atomic E-state index is 13.1. The molecule has 4 aliphatic carbocycles. The zero-order valence-electron chi connectivity index (χ0n) is 17.7. The SMILES string of the molecule is CC(NCc1cc(Cl)ccc1OCc1ccc(F)cc1)C12CC3CC(CC(C3)C1)C2. The molecule has 4 fully saturated rings. The minimum Gasteiger partial charge on any atom is -0.489 e. The largest absolute Gasteiger partial charge is 0.489 e. The number of ether oxygens (including phenoxy) is 1. The Morgan fingerprint density at radius 2 is 1.67 bits per heavy atom. The van der Waals surface area contributed by atoms with Gasteiger partial charge < -0.3 is 10.1 Å². The van der Waals surface area contributed by atoms with Gasteiger partial charge in [-0.1, -0.05) is 23.7 Å². The first-order valence-electron chi connectivity index (χ1n) is 11.4. The van der Waals surface area contributed by atoms with E-state index in [0.717, 1.165) is 46.2 Å². The van der Waals surface area contributed by atoms with Gasteiger partial charge in [0.15, 0.2) is 0 Å². The van der Waals surface area contributed by atoms with Gasteiger partial charge in [-0.15, -0.1) is 0 Å². The van der Waals surface area contributed by atoms with E-state index >= 15 is 0 Å². The smallest absolute Gasteiger partial charge is 0.124 e. The van der Waals surface area contributed by atoms with Crippen LogP contribution < -0.4 is 10.1 Å². The van der Waals surface area contributed by atoms with Crippen molar-refractivity contribution in [3.05, 3.63) is 64.4 Å². The highest BCUT2D eigenvalue weighted by Crippen LogP contribution is 2.61. The molecular weight excluding hydrogens is 397 g/mol. The molecule has 4 heteroatoms. The Labute approximate surface area is 184 Å². The average molecular weight is 428 g/mol. The summed E-state index contributed by atoms with van der Waals surface area (Å²) in [6.07, 6.45) is 8.62. The molecule has 0 aliphatic heterocycles. The van der Waals surface area contributed by atoms with Crippen molar-refractivity contribution in [1.29, 1.82) is 0 Å². The first kappa shape index (κ1) is 20.3. The fraction of sp³-hybridized carbons (Fsp3) is 0.538. The van der Waals surface area contributed by atoms with Crippen LogP contribution in [0.15, 0.2) is 42.5 Å². The van der Waals surface area contributed by atoms with Crippen LogP contribution in [0.25, 0.3) is 0 Å². The van der Waals surface area contributed by atoms with Crippen molar-refractivity contribution >= 4 is 11.6 Å². The summed E-state index contributed by atoms with van der Waals surface area (Å²) in [5.41, 5.74) is 2.51. The highest BCUT2D eigenvalue weighted by molar-refractivity contribution is 6.30. The first-order valence-corrected chi connectivity index (χ1v) is 11.8. The summed E-state index contributed by atoms with van der Waals surface area (Å²) in [6.45, 7) is 3.55. The maximum Gasteiger partial charge on any atom is 0.124 e. The summed E-state index contributed by atoms with van der Waals surface area (Å²) in [5.74, 6) is 3.49. The molecule has 4 saturated carbocycles. The van der Waals surface area contributed by atoms with Gasteiger partial charge in [-0.3, -0.25) is 0 Å². The lowest BCUT2D eigenvalue weighted by Gasteiger charge is -2.59. The van der Waals surface area contributed by atoms with Crippen molar-refractivity contribution < 1.29 is 9.13 Å². The van der Waals surface area contributed by atoms with Crippen molar-refractivity contribution in [2.24, 2.45) is 23.2 Å². The number of nitrogens with one attached hydrogen (secondary N) is 1. The molecule has 2 aromatic carbocycles. The second-order valence-electron chi connectivity index (χ2n) is 10.0. The second kappa shape index (κ2) is 8.16. The van der Waals surface area contributed by atoms with E-state index in [1.807, 2.05) is 18.2 Å². The topological polar surface area (TPSA) is 21.3 Å². The van der Waals surface area contributed by atoms with Gasteiger partial charge in [-0.05, 0) is 105 Å². The molecule has 30 heavy (non-hydrogen) atoms. The molecule has 0 spiro atoms. The van der Waals surface area contributed by atoms with Crippen LogP contribution in [0.2, 0.25) is 5.02 Å².